The van der Waals surface area contributed by atoms with Crippen molar-refractivity contribution in [2.75, 3.05) is 0 Å². The van der Waals surface area contributed by atoms with Crippen LogP contribution in [0.3, 0.4) is 0 Å². The van der Waals surface area contributed by atoms with Gasteiger partial charge in [0, 0.05) is 0 Å². The Hall–Kier alpha value is -0.300. The van der Waals surface area contributed by atoms with Gasteiger partial charge in [-0.15, -0.1) is 0 Å². The van der Waals surface area contributed by atoms with Crippen LogP contribution in [0.4, 0.5) is 0 Å². The average Bonchev–Trinajstić information content (AvgIpc) is 3.05. The summed E-state index contributed by atoms with van der Waals surface area (Å²) >= 11 is 0. The highest BCUT2D eigenvalue weighted by atomic mass is 16.3. The molecule has 0 aromatic heterocycles. The summed E-state index contributed by atoms with van der Waals surface area (Å²) < 4.78 is 0. The Morgan fingerprint density at radius 3 is 2.37 bits per heavy atom. The van der Waals surface area contributed by atoms with E-state index < -0.39 is 0 Å². The Bertz CT molecular complexity index is 634. The lowest BCUT2D eigenvalue weighted by Crippen LogP contribution is -2.53. The zero-order chi connectivity index (χ0) is 21.7. The SMILES string of the molecule is CCC1C(O)CC[C@@]2(C)C1CC=C1[C@@H]3CC[C@H]([C@H](C)CCCC(C)C)[C@@]3(C)CC[C@@H]12. The minimum atomic E-state index is -0.0561. The van der Waals surface area contributed by atoms with Crippen LogP contribution in [0, 0.1) is 52.3 Å². The van der Waals surface area contributed by atoms with Gasteiger partial charge in [0.25, 0.3) is 0 Å². The first kappa shape index (κ1) is 22.9. The molecular weight excluding hydrogens is 364 g/mol. The third-order valence-electron chi connectivity index (χ3n) is 11.0. The Balaban J connectivity index is 1.53. The number of hydrogen-bond donors (Lipinski definition) is 1. The third-order valence-corrected chi connectivity index (χ3v) is 11.0. The molecule has 172 valence electrons. The summed E-state index contributed by atoms with van der Waals surface area (Å²) in [7, 11) is 0. The van der Waals surface area contributed by atoms with Gasteiger partial charge in [-0.1, -0.05) is 78.9 Å². The molecule has 0 aliphatic heterocycles. The van der Waals surface area contributed by atoms with Crippen LogP contribution in [-0.4, -0.2) is 11.2 Å². The van der Waals surface area contributed by atoms with Gasteiger partial charge in [0.2, 0.25) is 0 Å². The van der Waals surface area contributed by atoms with E-state index in [2.05, 4.69) is 47.6 Å². The maximum Gasteiger partial charge on any atom is 0.0571 e. The lowest BCUT2D eigenvalue weighted by Gasteiger charge is -2.59. The van der Waals surface area contributed by atoms with Gasteiger partial charge < -0.3 is 5.11 Å². The quantitative estimate of drug-likeness (QED) is 0.436. The molecule has 3 unspecified atom stereocenters. The molecule has 0 spiro atoms. The molecule has 4 aliphatic carbocycles. The summed E-state index contributed by atoms with van der Waals surface area (Å²) in [5.74, 6) is 5.53. The number of aliphatic hydroxyl groups excluding tert-OH is 1. The summed E-state index contributed by atoms with van der Waals surface area (Å²) in [6.07, 6.45) is 17.3. The summed E-state index contributed by atoms with van der Waals surface area (Å²) in [5.41, 5.74) is 2.86. The molecule has 0 aromatic rings. The van der Waals surface area contributed by atoms with Gasteiger partial charge in [0.15, 0.2) is 0 Å². The van der Waals surface area contributed by atoms with E-state index in [1.165, 1.54) is 57.8 Å². The highest BCUT2D eigenvalue weighted by Gasteiger charge is 2.59. The molecule has 9 atom stereocenters. The van der Waals surface area contributed by atoms with Gasteiger partial charge in [0.05, 0.1) is 6.10 Å². The predicted molar refractivity (Wildman–Crippen MR) is 128 cm³/mol. The first-order valence-electron chi connectivity index (χ1n) is 13.6. The van der Waals surface area contributed by atoms with E-state index in [1.807, 2.05) is 5.57 Å². The van der Waals surface area contributed by atoms with Crippen molar-refractivity contribution in [2.45, 2.75) is 118 Å². The number of aliphatic hydroxyl groups is 1. The molecule has 30 heavy (non-hydrogen) atoms. The second-order valence-electron chi connectivity index (χ2n) is 12.9. The summed E-state index contributed by atoms with van der Waals surface area (Å²) in [4.78, 5) is 0. The molecule has 1 N–H and O–H groups in total. The number of rotatable bonds is 6. The molecule has 0 radical (unpaired) electrons. The summed E-state index contributed by atoms with van der Waals surface area (Å²) in [6.45, 7) is 14.9. The van der Waals surface area contributed by atoms with E-state index in [0.29, 0.717) is 22.7 Å². The molecule has 0 aromatic carbocycles. The van der Waals surface area contributed by atoms with Crippen molar-refractivity contribution in [1.82, 2.24) is 0 Å². The minimum absolute atomic E-state index is 0.0561. The second-order valence-corrected chi connectivity index (χ2v) is 12.9. The average molecular weight is 415 g/mol. The molecule has 0 bridgehead atoms. The fraction of sp³-hybridized carbons (Fsp3) is 0.931. The van der Waals surface area contributed by atoms with E-state index >= 15 is 0 Å². The third kappa shape index (κ3) is 3.64. The lowest BCUT2D eigenvalue weighted by molar-refractivity contribution is -0.0842. The minimum Gasteiger partial charge on any atom is -0.393 e. The first-order chi connectivity index (χ1) is 14.2. The monoisotopic (exact) mass is 414 g/mol. The zero-order valence-corrected chi connectivity index (χ0v) is 20.9. The number of fused-ring (bicyclic) bond motifs is 5. The largest absolute Gasteiger partial charge is 0.393 e. The second kappa shape index (κ2) is 8.57. The van der Waals surface area contributed by atoms with Gasteiger partial charge in [-0.3, -0.25) is 0 Å². The summed E-state index contributed by atoms with van der Waals surface area (Å²) in [6, 6.07) is 0. The van der Waals surface area contributed by atoms with Crippen LogP contribution in [0.2, 0.25) is 0 Å². The van der Waals surface area contributed by atoms with Gasteiger partial charge in [0.1, 0.15) is 0 Å². The maximum atomic E-state index is 10.7. The predicted octanol–water partition coefficient (Wildman–Crippen LogP) is 8.02. The van der Waals surface area contributed by atoms with Crippen molar-refractivity contribution in [3.05, 3.63) is 11.6 Å². The molecule has 0 saturated heterocycles. The fourth-order valence-corrected chi connectivity index (χ4v) is 9.33. The highest BCUT2D eigenvalue weighted by molar-refractivity contribution is 5.28. The van der Waals surface area contributed by atoms with Crippen molar-refractivity contribution < 1.29 is 5.11 Å². The maximum absolute atomic E-state index is 10.7. The van der Waals surface area contributed by atoms with Crippen LogP contribution in [0.15, 0.2) is 11.6 Å². The lowest BCUT2D eigenvalue weighted by atomic mass is 9.46. The Morgan fingerprint density at radius 2 is 1.67 bits per heavy atom. The van der Waals surface area contributed by atoms with Gasteiger partial charge >= 0.3 is 0 Å². The molecule has 1 nitrogen and oxygen atoms in total. The highest BCUT2D eigenvalue weighted by Crippen LogP contribution is 2.67. The molecule has 4 rings (SSSR count). The van der Waals surface area contributed by atoms with Crippen molar-refractivity contribution in [2.24, 2.45) is 52.3 Å². The number of allylic oxidation sites excluding steroid dienone is 2. The Labute approximate surface area is 187 Å². The molecule has 1 heteroatoms. The molecule has 4 aliphatic rings. The van der Waals surface area contributed by atoms with Crippen molar-refractivity contribution in [1.29, 1.82) is 0 Å². The van der Waals surface area contributed by atoms with Gasteiger partial charge in [-0.05, 0) is 97.2 Å². The normalized spacial score (nSPS) is 46.7. The van der Waals surface area contributed by atoms with Gasteiger partial charge in [-0.2, -0.15) is 0 Å². The van der Waals surface area contributed by atoms with E-state index in [9.17, 15) is 5.11 Å². The van der Waals surface area contributed by atoms with E-state index in [1.54, 1.807) is 0 Å². The summed E-state index contributed by atoms with van der Waals surface area (Å²) in [5, 5.41) is 10.7. The van der Waals surface area contributed by atoms with Crippen LogP contribution in [-0.2, 0) is 0 Å². The number of hydrogen-bond acceptors (Lipinski definition) is 1. The van der Waals surface area contributed by atoms with Crippen molar-refractivity contribution in [3.63, 3.8) is 0 Å². The van der Waals surface area contributed by atoms with Crippen molar-refractivity contribution >= 4 is 0 Å². The standard InChI is InChI=1S/C29H50O/c1-7-21-24-12-11-22-25-14-13-23(20(4)10-8-9-19(2)3)28(25,5)17-15-26(22)29(24,6)18-16-27(21)30/h11,19-21,23-27,30H,7-10,12-18H2,1-6H3/t20-,21?,23-,24?,25+,26+,27?,28-,29+/m1/s1. The topological polar surface area (TPSA) is 20.2 Å². The molecule has 0 amide bonds. The van der Waals surface area contributed by atoms with Crippen LogP contribution in [0.1, 0.15) is 112 Å². The molecule has 0 heterocycles. The van der Waals surface area contributed by atoms with E-state index in [4.69, 9.17) is 0 Å². The Morgan fingerprint density at radius 1 is 0.967 bits per heavy atom. The van der Waals surface area contributed by atoms with E-state index in [-0.39, 0.29) is 6.10 Å². The van der Waals surface area contributed by atoms with Crippen LogP contribution < -0.4 is 0 Å². The van der Waals surface area contributed by atoms with Crippen LogP contribution >= 0.6 is 0 Å². The zero-order valence-electron chi connectivity index (χ0n) is 20.9. The molecule has 3 fully saturated rings. The smallest absolute Gasteiger partial charge is 0.0571 e. The molecular formula is C29H50O. The molecule has 3 saturated carbocycles. The van der Waals surface area contributed by atoms with Crippen LogP contribution in [0.5, 0.6) is 0 Å². The van der Waals surface area contributed by atoms with Crippen molar-refractivity contribution in [3.8, 4) is 0 Å². The van der Waals surface area contributed by atoms with E-state index in [0.717, 1.165) is 42.4 Å². The van der Waals surface area contributed by atoms with Gasteiger partial charge in [-0.25, -0.2) is 0 Å². The Kier molecular flexibility index (Phi) is 6.53. The first-order valence-corrected chi connectivity index (χ1v) is 13.6. The van der Waals surface area contributed by atoms with Crippen LogP contribution in [0.25, 0.3) is 0 Å². The fourth-order valence-electron chi connectivity index (χ4n) is 9.33.